The van der Waals surface area contributed by atoms with Crippen molar-refractivity contribution in [2.75, 3.05) is 6.61 Å². The van der Waals surface area contributed by atoms with Gasteiger partial charge in [-0.2, -0.15) is 0 Å². The van der Waals surface area contributed by atoms with Crippen molar-refractivity contribution in [3.05, 3.63) is 0 Å². The normalized spacial score (nSPS) is 9.04. The predicted molar refractivity (Wildman–Crippen MR) is 117 cm³/mol. The van der Waals surface area contributed by atoms with Crippen molar-refractivity contribution in [1.29, 1.82) is 0 Å². The van der Waals surface area contributed by atoms with Crippen molar-refractivity contribution in [2.24, 2.45) is 0 Å². The molecular weight excluding hydrogens is 352 g/mol. The van der Waals surface area contributed by atoms with Crippen molar-refractivity contribution in [3.8, 4) is 0 Å². The summed E-state index contributed by atoms with van der Waals surface area (Å²) >= 11 is 0. The highest BCUT2D eigenvalue weighted by molar-refractivity contribution is 5.85. The van der Waals surface area contributed by atoms with Crippen LogP contribution in [0.25, 0.3) is 0 Å². The third-order valence-corrected chi connectivity index (χ3v) is 3.99. The van der Waals surface area contributed by atoms with Crippen LogP contribution in [0.4, 0.5) is 0 Å². The molecule has 0 aliphatic heterocycles. The smallest absolute Gasteiger partial charge is 0.303 e. The van der Waals surface area contributed by atoms with Crippen LogP contribution in [0.1, 0.15) is 117 Å². The molecule has 0 saturated heterocycles. The molecule has 6 heteroatoms. The van der Waals surface area contributed by atoms with Gasteiger partial charge in [-0.05, 0) is 13.3 Å². The number of carboxylic acid groups (broad SMARTS) is 1. The summed E-state index contributed by atoms with van der Waals surface area (Å²) in [5, 5.41) is 16.1. The lowest BCUT2D eigenvalue weighted by atomic mass is 10.0. The first-order chi connectivity index (χ1) is 11.2. The number of hydrogen-bond acceptors (Lipinski definition) is 4. The second-order valence-corrected chi connectivity index (χ2v) is 6.41. The molecule has 5 nitrogen and oxygen atoms in total. The summed E-state index contributed by atoms with van der Waals surface area (Å²) in [7, 11) is 0. The van der Waals surface area contributed by atoms with Crippen LogP contribution >= 0.6 is 12.4 Å². The fourth-order valence-corrected chi connectivity index (χ4v) is 2.65. The Hall–Kier alpha value is -0.360. The Morgan fingerprint density at radius 1 is 0.615 bits per heavy atom. The second-order valence-electron chi connectivity index (χ2n) is 6.41. The minimum absolute atomic E-state index is 0. The monoisotopic (exact) mass is 400 g/mol. The summed E-state index contributed by atoms with van der Waals surface area (Å²) in [5.41, 5.74) is 0. The van der Waals surface area contributed by atoms with E-state index in [0.29, 0.717) is 6.42 Å². The lowest BCUT2D eigenvalue weighted by Crippen LogP contribution is -1.93. The van der Waals surface area contributed by atoms with Gasteiger partial charge in [0.1, 0.15) is 0 Å². The number of rotatable bonds is 16. The highest BCUT2D eigenvalue weighted by Crippen LogP contribution is 2.13. The average Bonchev–Trinajstić information content (AvgIpc) is 2.51. The van der Waals surface area contributed by atoms with Gasteiger partial charge in [-0.25, -0.2) is 0 Å². The van der Waals surface area contributed by atoms with Crippen molar-refractivity contribution in [2.45, 2.75) is 117 Å². The van der Waals surface area contributed by atoms with Crippen LogP contribution in [0.2, 0.25) is 0 Å². The number of halogens is 1. The molecule has 164 valence electrons. The van der Waals surface area contributed by atoms with E-state index < -0.39 is 5.97 Å². The summed E-state index contributed by atoms with van der Waals surface area (Å²) in [6, 6.07) is 0. The topological polar surface area (TPSA) is 128 Å². The van der Waals surface area contributed by atoms with Gasteiger partial charge < -0.3 is 22.5 Å². The van der Waals surface area contributed by atoms with Gasteiger partial charge in [0, 0.05) is 13.0 Å². The third-order valence-electron chi connectivity index (χ3n) is 3.99. The van der Waals surface area contributed by atoms with Crippen molar-refractivity contribution in [1.82, 2.24) is 12.3 Å². The standard InChI is InChI=1S/C18H36O2.C2H6O.ClH.2H3N/c1-2-3-4-5-6-7-8-9-10-11-12-13-14-15-16-17-18(19)20;1-2-3;;;/h2-17H2,1H3,(H,19,20);3H,2H2,1H3;1H;2*1H3. The number of carbonyl (C=O) groups is 1. The quantitative estimate of drug-likeness (QED) is 0.206. The molecule has 8 N–H and O–H groups in total. The van der Waals surface area contributed by atoms with E-state index in [1.54, 1.807) is 6.92 Å². The molecule has 0 aromatic carbocycles. The van der Waals surface area contributed by atoms with Gasteiger partial charge in [-0.15, -0.1) is 12.4 Å². The number of carboxylic acids is 1. The van der Waals surface area contributed by atoms with E-state index in [9.17, 15) is 4.79 Å². The zero-order chi connectivity index (χ0) is 17.6. The van der Waals surface area contributed by atoms with Crippen molar-refractivity contribution in [3.63, 3.8) is 0 Å². The molecule has 0 aliphatic carbocycles. The lowest BCUT2D eigenvalue weighted by Gasteiger charge is -2.03. The number of aliphatic hydroxyl groups is 1. The van der Waals surface area contributed by atoms with Crippen LogP contribution in [0, 0.1) is 0 Å². The number of unbranched alkanes of at least 4 members (excludes halogenated alkanes) is 14. The molecule has 0 unspecified atom stereocenters. The maximum Gasteiger partial charge on any atom is 0.303 e. The van der Waals surface area contributed by atoms with Crippen LogP contribution in [0.5, 0.6) is 0 Å². The van der Waals surface area contributed by atoms with E-state index in [1.807, 2.05) is 0 Å². The number of aliphatic carboxylic acids is 1. The SMILES string of the molecule is CCCCCCCCCCCCCCCCCC(=O)O.CCO.Cl.N.N. The maximum atomic E-state index is 10.3. The largest absolute Gasteiger partial charge is 0.481 e. The zero-order valence-electron chi connectivity index (χ0n) is 17.6. The van der Waals surface area contributed by atoms with E-state index in [2.05, 4.69) is 6.92 Å². The van der Waals surface area contributed by atoms with Gasteiger partial charge in [0.2, 0.25) is 0 Å². The molecule has 0 atom stereocenters. The van der Waals surface area contributed by atoms with Gasteiger partial charge in [-0.1, -0.05) is 96.8 Å². The minimum Gasteiger partial charge on any atom is -0.481 e. The highest BCUT2D eigenvalue weighted by atomic mass is 35.5. The lowest BCUT2D eigenvalue weighted by molar-refractivity contribution is -0.137. The molecule has 0 spiro atoms. The molecule has 0 rings (SSSR count). The molecule has 0 aromatic rings. The number of aliphatic hydroxyl groups excluding tert-OH is 1. The van der Waals surface area contributed by atoms with E-state index in [4.69, 9.17) is 10.2 Å². The molecule has 0 fully saturated rings. The van der Waals surface area contributed by atoms with Crippen molar-refractivity contribution < 1.29 is 15.0 Å². The minimum atomic E-state index is -0.653. The van der Waals surface area contributed by atoms with E-state index in [0.717, 1.165) is 12.8 Å². The Bertz CT molecular complexity index is 233. The van der Waals surface area contributed by atoms with Gasteiger partial charge in [0.25, 0.3) is 0 Å². The second kappa shape index (κ2) is 35.7. The molecule has 0 radical (unpaired) electrons. The van der Waals surface area contributed by atoms with E-state index in [-0.39, 0.29) is 31.3 Å². The van der Waals surface area contributed by atoms with Crippen LogP contribution in [0.3, 0.4) is 0 Å². The molecular formula is C20H49ClN2O3. The molecule has 0 heterocycles. The molecule has 0 amide bonds. The first-order valence-corrected chi connectivity index (χ1v) is 10.0. The summed E-state index contributed by atoms with van der Waals surface area (Å²) < 4.78 is 0. The maximum absolute atomic E-state index is 10.3. The van der Waals surface area contributed by atoms with E-state index in [1.165, 1.54) is 83.5 Å². The summed E-state index contributed by atoms with van der Waals surface area (Å²) in [5.74, 6) is -0.653. The average molecular weight is 401 g/mol. The summed E-state index contributed by atoms with van der Waals surface area (Å²) in [4.78, 5) is 10.3. The highest BCUT2D eigenvalue weighted by Gasteiger charge is 1.97. The molecule has 0 saturated carbocycles. The molecule has 0 aliphatic rings. The Balaban J connectivity index is -0.000000228. The summed E-state index contributed by atoms with van der Waals surface area (Å²) in [6.45, 7) is 4.20. The fourth-order valence-electron chi connectivity index (χ4n) is 2.65. The Kier molecular flexibility index (Phi) is 50.2. The molecule has 0 aromatic heterocycles. The number of hydrogen-bond donors (Lipinski definition) is 4. The Morgan fingerprint density at radius 3 is 1.08 bits per heavy atom. The Labute approximate surface area is 169 Å². The first-order valence-electron chi connectivity index (χ1n) is 10.0. The van der Waals surface area contributed by atoms with Gasteiger partial charge >= 0.3 is 5.97 Å². The van der Waals surface area contributed by atoms with Gasteiger partial charge in [-0.3, -0.25) is 4.79 Å². The van der Waals surface area contributed by atoms with Crippen molar-refractivity contribution >= 4 is 18.4 Å². The van der Waals surface area contributed by atoms with Gasteiger partial charge in [0.05, 0.1) is 0 Å². The Morgan fingerprint density at radius 2 is 0.846 bits per heavy atom. The van der Waals surface area contributed by atoms with Gasteiger partial charge in [0.15, 0.2) is 0 Å². The van der Waals surface area contributed by atoms with E-state index >= 15 is 0 Å². The van der Waals surface area contributed by atoms with Crippen LogP contribution in [-0.2, 0) is 4.79 Å². The molecule has 0 bridgehead atoms. The van der Waals surface area contributed by atoms with Crippen LogP contribution in [-0.4, -0.2) is 22.8 Å². The van der Waals surface area contributed by atoms with Crippen LogP contribution in [0.15, 0.2) is 0 Å². The first kappa shape index (κ1) is 36.5. The zero-order valence-corrected chi connectivity index (χ0v) is 18.5. The summed E-state index contributed by atoms with van der Waals surface area (Å²) in [6.07, 6.45) is 20.2. The fraction of sp³-hybridized carbons (Fsp3) is 0.950. The van der Waals surface area contributed by atoms with Crippen LogP contribution < -0.4 is 12.3 Å². The predicted octanol–water partition coefficient (Wildman–Crippen LogP) is 7.08. The molecule has 26 heavy (non-hydrogen) atoms. The third kappa shape index (κ3) is 43.8.